The fourth-order valence-electron chi connectivity index (χ4n) is 0.710. The molecule has 0 radical (unpaired) electrons. The van der Waals surface area contributed by atoms with Crippen LogP contribution in [0.5, 0.6) is 0 Å². The number of nitrogen functional groups attached to an aromatic ring is 1. The van der Waals surface area contributed by atoms with Crippen LogP contribution < -0.4 is 5.73 Å². The summed E-state index contributed by atoms with van der Waals surface area (Å²) in [6.45, 7) is 0.0166. The van der Waals surface area contributed by atoms with Gasteiger partial charge in [-0.25, -0.2) is 0 Å². The molecule has 0 aliphatic rings. The fourth-order valence-corrected chi connectivity index (χ4v) is 1.23. The third-order valence-corrected chi connectivity index (χ3v) is 1.95. The van der Waals surface area contributed by atoms with E-state index in [1.165, 1.54) is 0 Å². The van der Waals surface area contributed by atoms with Gasteiger partial charge in [0.1, 0.15) is 0 Å². The molecule has 1 aromatic carbocycles. The molecule has 0 aromatic heterocycles. The largest absolute Gasteiger partial charge is 0.398 e. The van der Waals surface area contributed by atoms with Crippen LogP contribution in [0.15, 0.2) is 18.2 Å². The maximum Gasteiger partial charge on any atom is 0.0701 e. The van der Waals surface area contributed by atoms with Gasteiger partial charge in [-0.3, -0.25) is 0 Å². The van der Waals surface area contributed by atoms with E-state index >= 15 is 0 Å². The minimum Gasteiger partial charge on any atom is -0.398 e. The van der Waals surface area contributed by atoms with Gasteiger partial charge in [0, 0.05) is 14.8 Å². The van der Waals surface area contributed by atoms with Crippen molar-refractivity contribution in [2.24, 2.45) is 0 Å². The van der Waals surface area contributed by atoms with Gasteiger partial charge >= 0.3 is 0 Å². The van der Waals surface area contributed by atoms with E-state index in [1.807, 2.05) is 18.2 Å². The number of aliphatic hydroxyl groups excluding tert-OH is 1. The number of hydrogen-bond acceptors (Lipinski definition) is 2. The molecule has 0 heterocycles. The SMILES string of the molecule is Nc1cc(I)ccc1CO. The summed E-state index contributed by atoms with van der Waals surface area (Å²) < 4.78 is 1.09. The lowest BCUT2D eigenvalue weighted by Crippen LogP contribution is -1.93. The number of halogens is 1. The van der Waals surface area contributed by atoms with Crippen molar-refractivity contribution >= 4 is 28.3 Å². The van der Waals surface area contributed by atoms with E-state index in [0.29, 0.717) is 5.69 Å². The van der Waals surface area contributed by atoms with Crippen LogP contribution in [0, 0.1) is 3.57 Å². The van der Waals surface area contributed by atoms with Gasteiger partial charge in [0.15, 0.2) is 0 Å². The second-order valence-electron chi connectivity index (χ2n) is 2.00. The Kier molecular flexibility index (Phi) is 2.50. The molecular weight excluding hydrogens is 241 g/mol. The van der Waals surface area contributed by atoms with Crippen molar-refractivity contribution in [3.8, 4) is 0 Å². The highest BCUT2D eigenvalue weighted by Gasteiger charge is 1.95. The topological polar surface area (TPSA) is 46.2 Å². The number of hydrogen-bond donors (Lipinski definition) is 2. The molecule has 54 valence electrons. The average Bonchev–Trinajstić information content (AvgIpc) is 1.88. The Bertz CT molecular complexity index is 237. The van der Waals surface area contributed by atoms with Gasteiger partial charge in [0.25, 0.3) is 0 Å². The zero-order chi connectivity index (χ0) is 7.56. The zero-order valence-corrected chi connectivity index (χ0v) is 7.50. The Morgan fingerprint density at radius 1 is 1.50 bits per heavy atom. The highest BCUT2D eigenvalue weighted by atomic mass is 127. The molecule has 0 unspecified atom stereocenters. The summed E-state index contributed by atoms with van der Waals surface area (Å²) >= 11 is 2.18. The molecule has 3 heteroatoms. The average molecular weight is 249 g/mol. The summed E-state index contributed by atoms with van der Waals surface area (Å²) in [5.74, 6) is 0. The van der Waals surface area contributed by atoms with Gasteiger partial charge in [-0.05, 0) is 34.7 Å². The Hall–Kier alpha value is -0.290. The predicted octanol–water partition coefficient (Wildman–Crippen LogP) is 1.37. The van der Waals surface area contributed by atoms with E-state index in [4.69, 9.17) is 10.8 Å². The van der Waals surface area contributed by atoms with Crippen LogP contribution in [0.2, 0.25) is 0 Å². The van der Waals surface area contributed by atoms with Crippen LogP contribution in [0.4, 0.5) is 5.69 Å². The summed E-state index contributed by atoms with van der Waals surface area (Å²) in [5.41, 5.74) is 7.02. The second kappa shape index (κ2) is 3.21. The van der Waals surface area contributed by atoms with Gasteiger partial charge < -0.3 is 10.8 Å². The molecule has 0 fully saturated rings. The molecule has 1 rings (SSSR count). The van der Waals surface area contributed by atoms with Crippen LogP contribution in [0.3, 0.4) is 0 Å². The first-order valence-corrected chi connectivity index (χ1v) is 3.96. The number of benzene rings is 1. The molecule has 0 amide bonds. The summed E-state index contributed by atoms with van der Waals surface area (Å²) in [7, 11) is 0. The van der Waals surface area contributed by atoms with Crippen LogP contribution in [0.25, 0.3) is 0 Å². The molecule has 0 saturated carbocycles. The number of aliphatic hydroxyl groups is 1. The standard InChI is InChI=1S/C7H8INO/c8-6-2-1-5(4-10)7(9)3-6/h1-3,10H,4,9H2. The third kappa shape index (κ3) is 1.60. The third-order valence-electron chi connectivity index (χ3n) is 1.28. The Balaban J connectivity index is 3.07. The van der Waals surface area contributed by atoms with Gasteiger partial charge in [0.05, 0.1) is 6.61 Å². The maximum absolute atomic E-state index is 8.73. The normalized spacial score (nSPS) is 9.80. The fraction of sp³-hybridized carbons (Fsp3) is 0.143. The first-order valence-electron chi connectivity index (χ1n) is 2.89. The zero-order valence-electron chi connectivity index (χ0n) is 5.34. The number of anilines is 1. The molecule has 0 aliphatic carbocycles. The molecule has 0 saturated heterocycles. The highest BCUT2D eigenvalue weighted by molar-refractivity contribution is 14.1. The van der Waals surface area contributed by atoms with Gasteiger partial charge in [-0.15, -0.1) is 0 Å². The highest BCUT2D eigenvalue weighted by Crippen LogP contribution is 2.15. The molecule has 0 atom stereocenters. The summed E-state index contributed by atoms with van der Waals surface area (Å²) in [6, 6.07) is 5.59. The van der Waals surface area contributed by atoms with Gasteiger partial charge in [-0.2, -0.15) is 0 Å². The summed E-state index contributed by atoms with van der Waals surface area (Å²) in [6.07, 6.45) is 0. The molecule has 10 heavy (non-hydrogen) atoms. The quantitative estimate of drug-likeness (QED) is 0.583. The van der Waals surface area contributed by atoms with E-state index in [-0.39, 0.29) is 6.61 Å². The monoisotopic (exact) mass is 249 g/mol. The Labute approximate surface area is 73.2 Å². The molecule has 2 nitrogen and oxygen atoms in total. The second-order valence-corrected chi connectivity index (χ2v) is 3.25. The number of rotatable bonds is 1. The molecule has 3 N–H and O–H groups in total. The predicted molar refractivity (Wildman–Crippen MR) is 49.5 cm³/mol. The summed E-state index contributed by atoms with van der Waals surface area (Å²) in [4.78, 5) is 0. The lowest BCUT2D eigenvalue weighted by molar-refractivity contribution is 0.282. The summed E-state index contributed by atoms with van der Waals surface area (Å²) in [5, 5.41) is 8.73. The lowest BCUT2D eigenvalue weighted by Gasteiger charge is -2.00. The van der Waals surface area contributed by atoms with Crippen LogP contribution >= 0.6 is 22.6 Å². The van der Waals surface area contributed by atoms with Crippen molar-refractivity contribution in [3.63, 3.8) is 0 Å². The van der Waals surface area contributed by atoms with Crippen molar-refractivity contribution in [2.45, 2.75) is 6.61 Å². The Morgan fingerprint density at radius 2 is 2.20 bits per heavy atom. The molecule has 0 aliphatic heterocycles. The van der Waals surface area contributed by atoms with E-state index in [0.717, 1.165) is 9.13 Å². The first kappa shape index (κ1) is 7.81. The van der Waals surface area contributed by atoms with Crippen molar-refractivity contribution in [2.75, 3.05) is 5.73 Å². The molecule has 0 bridgehead atoms. The minimum atomic E-state index is 0.0166. The van der Waals surface area contributed by atoms with E-state index in [9.17, 15) is 0 Å². The first-order chi connectivity index (χ1) is 4.74. The van der Waals surface area contributed by atoms with Crippen molar-refractivity contribution in [1.82, 2.24) is 0 Å². The molecule has 1 aromatic rings. The van der Waals surface area contributed by atoms with Crippen molar-refractivity contribution < 1.29 is 5.11 Å². The van der Waals surface area contributed by atoms with Gasteiger partial charge in [0.2, 0.25) is 0 Å². The van der Waals surface area contributed by atoms with E-state index in [2.05, 4.69) is 22.6 Å². The van der Waals surface area contributed by atoms with Crippen molar-refractivity contribution in [1.29, 1.82) is 0 Å². The van der Waals surface area contributed by atoms with Crippen LogP contribution in [0.1, 0.15) is 5.56 Å². The Morgan fingerprint density at radius 3 is 2.70 bits per heavy atom. The lowest BCUT2D eigenvalue weighted by atomic mass is 10.2. The smallest absolute Gasteiger partial charge is 0.0701 e. The van der Waals surface area contributed by atoms with Crippen molar-refractivity contribution in [3.05, 3.63) is 27.3 Å². The van der Waals surface area contributed by atoms with Crippen LogP contribution in [-0.2, 0) is 6.61 Å². The van der Waals surface area contributed by atoms with Gasteiger partial charge in [-0.1, -0.05) is 6.07 Å². The molecule has 0 spiro atoms. The van der Waals surface area contributed by atoms with E-state index in [1.54, 1.807) is 0 Å². The number of nitrogens with two attached hydrogens (primary N) is 1. The van der Waals surface area contributed by atoms with Crippen LogP contribution in [-0.4, -0.2) is 5.11 Å². The maximum atomic E-state index is 8.73. The molecular formula is C7H8INO. The minimum absolute atomic E-state index is 0.0166. The van der Waals surface area contributed by atoms with E-state index < -0.39 is 0 Å².